The highest BCUT2D eigenvalue weighted by atomic mass is 16.5. The molecule has 0 N–H and O–H groups in total. The van der Waals surface area contributed by atoms with Gasteiger partial charge < -0.3 is 9.64 Å². The summed E-state index contributed by atoms with van der Waals surface area (Å²) in [6.07, 6.45) is 2.41. The van der Waals surface area contributed by atoms with E-state index in [0.717, 1.165) is 18.7 Å². The Morgan fingerprint density at radius 2 is 2.18 bits per heavy atom. The Labute approximate surface area is 104 Å². The zero-order chi connectivity index (χ0) is 12.7. The van der Waals surface area contributed by atoms with Gasteiger partial charge in [0.1, 0.15) is 11.8 Å². The van der Waals surface area contributed by atoms with E-state index in [2.05, 4.69) is 24.9 Å². The second-order valence-corrected chi connectivity index (χ2v) is 4.24. The highest BCUT2D eigenvalue weighted by molar-refractivity contribution is 5.45. The maximum Gasteiger partial charge on any atom is 0.136 e. The summed E-state index contributed by atoms with van der Waals surface area (Å²) in [6.45, 7) is 4.15. The van der Waals surface area contributed by atoms with E-state index >= 15 is 0 Å². The number of ether oxygens (including phenoxy) is 1. The molecule has 1 aromatic carbocycles. The van der Waals surface area contributed by atoms with E-state index < -0.39 is 0 Å². The van der Waals surface area contributed by atoms with Crippen molar-refractivity contribution in [3.8, 4) is 11.8 Å². The van der Waals surface area contributed by atoms with Gasteiger partial charge in [-0.15, -0.1) is 0 Å². The molecule has 0 radical (unpaired) electrons. The molecule has 3 nitrogen and oxygen atoms in total. The third-order valence-electron chi connectivity index (χ3n) is 2.73. The van der Waals surface area contributed by atoms with Gasteiger partial charge in [-0.3, -0.25) is 0 Å². The average Bonchev–Trinajstić information content (AvgIpc) is 2.36. The molecule has 17 heavy (non-hydrogen) atoms. The van der Waals surface area contributed by atoms with Crippen molar-refractivity contribution >= 4 is 0 Å². The number of hydrogen-bond acceptors (Lipinski definition) is 3. The first-order valence-corrected chi connectivity index (χ1v) is 5.96. The van der Waals surface area contributed by atoms with Crippen LogP contribution in [0.1, 0.15) is 30.9 Å². The van der Waals surface area contributed by atoms with Crippen LogP contribution in [0.25, 0.3) is 0 Å². The minimum Gasteiger partial charge on any atom is -0.495 e. The van der Waals surface area contributed by atoms with Crippen LogP contribution in [0.15, 0.2) is 18.2 Å². The van der Waals surface area contributed by atoms with E-state index in [0.29, 0.717) is 11.3 Å². The van der Waals surface area contributed by atoms with Crippen molar-refractivity contribution in [1.82, 2.24) is 4.90 Å². The van der Waals surface area contributed by atoms with Crippen LogP contribution in [0.3, 0.4) is 0 Å². The molecule has 0 fully saturated rings. The lowest BCUT2D eigenvalue weighted by atomic mass is 10.1. The summed E-state index contributed by atoms with van der Waals surface area (Å²) in [7, 11) is 3.69. The van der Waals surface area contributed by atoms with Crippen molar-refractivity contribution in [3.63, 3.8) is 0 Å². The Bertz CT molecular complexity index is 396. The van der Waals surface area contributed by atoms with Gasteiger partial charge in [0, 0.05) is 6.54 Å². The van der Waals surface area contributed by atoms with Crippen molar-refractivity contribution in [1.29, 1.82) is 5.26 Å². The van der Waals surface area contributed by atoms with Crippen LogP contribution < -0.4 is 4.74 Å². The molecule has 0 unspecified atom stereocenters. The van der Waals surface area contributed by atoms with Gasteiger partial charge in [0.2, 0.25) is 0 Å². The second kappa shape index (κ2) is 6.93. The van der Waals surface area contributed by atoms with Crippen molar-refractivity contribution in [2.24, 2.45) is 0 Å². The number of nitrogens with zero attached hydrogens (tertiary/aromatic N) is 2. The summed E-state index contributed by atoms with van der Waals surface area (Å²) in [5, 5.41) is 9.01. The standard InChI is InChI=1S/C14H20N2O/c1-4-5-8-16(2)11-12-6-7-14(17-3)13(9-12)10-15/h6-7,9H,4-5,8,11H2,1-3H3. The van der Waals surface area contributed by atoms with Gasteiger partial charge in [0.25, 0.3) is 0 Å². The normalized spacial score (nSPS) is 10.3. The topological polar surface area (TPSA) is 36.3 Å². The zero-order valence-electron chi connectivity index (χ0n) is 10.9. The predicted octanol–water partition coefficient (Wildman–Crippen LogP) is 2.80. The van der Waals surface area contributed by atoms with Crippen LogP contribution in [0, 0.1) is 11.3 Å². The Morgan fingerprint density at radius 1 is 1.41 bits per heavy atom. The van der Waals surface area contributed by atoms with E-state index in [1.807, 2.05) is 18.2 Å². The highest BCUT2D eigenvalue weighted by Gasteiger charge is 2.05. The molecule has 1 aromatic rings. The zero-order valence-corrected chi connectivity index (χ0v) is 10.9. The van der Waals surface area contributed by atoms with Crippen LogP contribution in [0.4, 0.5) is 0 Å². The molecule has 0 aliphatic heterocycles. The van der Waals surface area contributed by atoms with Crippen LogP contribution in [0.5, 0.6) is 5.75 Å². The predicted molar refractivity (Wildman–Crippen MR) is 69.0 cm³/mol. The molecule has 0 aromatic heterocycles. The molecular formula is C14H20N2O. The first kappa shape index (κ1) is 13.5. The lowest BCUT2D eigenvalue weighted by Gasteiger charge is -2.16. The van der Waals surface area contributed by atoms with E-state index in [1.54, 1.807) is 7.11 Å². The van der Waals surface area contributed by atoms with Gasteiger partial charge in [-0.25, -0.2) is 0 Å². The summed E-state index contributed by atoms with van der Waals surface area (Å²) in [4.78, 5) is 2.27. The average molecular weight is 232 g/mol. The third kappa shape index (κ3) is 4.08. The van der Waals surface area contributed by atoms with Crippen molar-refractivity contribution in [2.75, 3.05) is 20.7 Å². The van der Waals surface area contributed by atoms with Gasteiger partial charge in [0.15, 0.2) is 0 Å². The molecule has 0 atom stereocenters. The van der Waals surface area contributed by atoms with Crippen molar-refractivity contribution in [2.45, 2.75) is 26.3 Å². The molecule has 0 bridgehead atoms. The minimum atomic E-state index is 0.605. The Kier molecular flexibility index (Phi) is 5.51. The maximum absolute atomic E-state index is 9.01. The highest BCUT2D eigenvalue weighted by Crippen LogP contribution is 2.19. The smallest absolute Gasteiger partial charge is 0.136 e. The number of rotatable bonds is 6. The molecule has 0 heterocycles. The molecular weight excluding hydrogens is 212 g/mol. The summed E-state index contributed by atoms with van der Waals surface area (Å²) in [5.74, 6) is 0.646. The monoisotopic (exact) mass is 232 g/mol. The SMILES string of the molecule is CCCCN(C)Cc1ccc(OC)c(C#N)c1. The second-order valence-electron chi connectivity index (χ2n) is 4.24. The lowest BCUT2D eigenvalue weighted by Crippen LogP contribution is -2.18. The summed E-state index contributed by atoms with van der Waals surface area (Å²) >= 11 is 0. The number of benzene rings is 1. The largest absolute Gasteiger partial charge is 0.495 e. The quantitative estimate of drug-likeness (QED) is 0.756. The molecule has 0 aliphatic rings. The minimum absolute atomic E-state index is 0.605. The first-order valence-electron chi connectivity index (χ1n) is 5.96. The number of unbranched alkanes of at least 4 members (excludes halogenated alkanes) is 1. The molecule has 3 heteroatoms. The fourth-order valence-electron chi connectivity index (χ4n) is 1.76. The van der Waals surface area contributed by atoms with Crippen LogP contribution in [-0.2, 0) is 6.54 Å². The van der Waals surface area contributed by atoms with Crippen LogP contribution >= 0.6 is 0 Å². The summed E-state index contributed by atoms with van der Waals surface area (Å²) < 4.78 is 5.12. The van der Waals surface area contributed by atoms with Gasteiger partial charge in [-0.05, 0) is 37.7 Å². The number of nitriles is 1. The molecule has 0 saturated heterocycles. The van der Waals surface area contributed by atoms with Gasteiger partial charge in [0.05, 0.1) is 12.7 Å². The molecule has 0 amide bonds. The summed E-state index contributed by atoms with van der Waals surface area (Å²) in [6, 6.07) is 7.94. The first-order chi connectivity index (χ1) is 8.21. The Hall–Kier alpha value is -1.53. The van der Waals surface area contributed by atoms with Gasteiger partial charge in [-0.1, -0.05) is 19.4 Å². The number of hydrogen-bond donors (Lipinski definition) is 0. The third-order valence-corrected chi connectivity index (χ3v) is 2.73. The van der Waals surface area contributed by atoms with E-state index in [9.17, 15) is 0 Å². The van der Waals surface area contributed by atoms with E-state index in [-0.39, 0.29) is 0 Å². The van der Waals surface area contributed by atoms with E-state index in [1.165, 1.54) is 12.8 Å². The molecule has 0 spiro atoms. The Morgan fingerprint density at radius 3 is 2.76 bits per heavy atom. The summed E-state index contributed by atoms with van der Waals surface area (Å²) in [5.41, 5.74) is 1.76. The Balaban J connectivity index is 2.69. The fraction of sp³-hybridized carbons (Fsp3) is 0.500. The molecule has 1 rings (SSSR count). The molecule has 0 saturated carbocycles. The van der Waals surface area contributed by atoms with Crippen molar-refractivity contribution in [3.05, 3.63) is 29.3 Å². The molecule has 92 valence electrons. The van der Waals surface area contributed by atoms with Crippen LogP contribution in [0.2, 0.25) is 0 Å². The van der Waals surface area contributed by atoms with E-state index in [4.69, 9.17) is 10.00 Å². The maximum atomic E-state index is 9.01. The lowest BCUT2D eigenvalue weighted by molar-refractivity contribution is 0.320. The van der Waals surface area contributed by atoms with Crippen molar-refractivity contribution < 1.29 is 4.74 Å². The molecule has 0 aliphatic carbocycles. The fourth-order valence-corrected chi connectivity index (χ4v) is 1.76. The van der Waals surface area contributed by atoms with Crippen LogP contribution in [-0.4, -0.2) is 25.6 Å². The van der Waals surface area contributed by atoms with Gasteiger partial charge >= 0.3 is 0 Å². The van der Waals surface area contributed by atoms with Gasteiger partial charge in [-0.2, -0.15) is 5.26 Å². The number of methoxy groups -OCH3 is 1.